The molecule has 2 N–H and O–H groups in total. The van der Waals surface area contributed by atoms with Gasteiger partial charge in [0.05, 0.1) is 17.0 Å². The second-order valence-electron chi connectivity index (χ2n) is 5.66. The Bertz CT molecular complexity index is 510. The fraction of sp³-hybridized carbons (Fsp3) is 0.500. The molecule has 0 atom stereocenters. The Morgan fingerprint density at radius 1 is 1.35 bits per heavy atom. The van der Waals surface area contributed by atoms with E-state index >= 15 is 0 Å². The molecule has 0 aromatic heterocycles. The van der Waals surface area contributed by atoms with Crippen molar-refractivity contribution in [1.82, 2.24) is 4.90 Å². The van der Waals surface area contributed by atoms with Gasteiger partial charge in [-0.3, -0.25) is 4.79 Å². The van der Waals surface area contributed by atoms with Gasteiger partial charge < -0.3 is 10.6 Å². The maximum atomic E-state index is 12.6. The van der Waals surface area contributed by atoms with E-state index in [1.807, 2.05) is 19.2 Å². The van der Waals surface area contributed by atoms with Crippen LogP contribution in [0.3, 0.4) is 0 Å². The first-order chi connectivity index (χ1) is 9.61. The van der Waals surface area contributed by atoms with E-state index in [-0.39, 0.29) is 11.3 Å². The average molecular weight is 271 g/mol. The van der Waals surface area contributed by atoms with E-state index in [0.29, 0.717) is 18.7 Å². The zero-order valence-electron chi connectivity index (χ0n) is 11.9. The molecule has 0 bridgehead atoms. The van der Waals surface area contributed by atoms with E-state index in [0.717, 1.165) is 31.2 Å². The predicted molar refractivity (Wildman–Crippen MR) is 77.6 cm³/mol. The van der Waals surface area contributed by atoms with Gasteiger partial charge in [-0.15, -0.1) is 0 Å². The average Bonchev–Trinajstić information content (AvgIpc) is 2.97. The summed E-state index contributed by atoms with van der Waals surface area (Å²) in [6, 6.07) is 9.44. The van der Waals surface area contributed by atoms with Gasteiger partial charge in [0.15, 0.2) is 0 Å². The summed E-state index contributed by atoms with van der Waals surface area (Å²) in [6.45, 7) is 0.996. The molecule has 106 valence electrons. The number of nitrogens with two attached hydrogens (primary N) is 1. The Hall–Kier alpha value is -1.86. The number of rotatable bonds is 4. The van der Waals surface area contributed by atoms with E-state index in [9.17, 15) is 4.79 Å². The van der Waals surface area contributed by atoms with Gasteiger partial charge in [0.25, 0.3) is 0 Å². The van der Waals surface area contributed by atoms with Gasteiger partial charge in [-0.2, -0.15) is 5.26 Å². The molecule has 0 aliphatic heterocycles. The molecule has 4 nitrogen and oxygen atoms in total. The van der Waals surface area contributed by atoms with Gasteiger partial charge in [-0.25, -0.2) is 0 Å². The summed E-state index contributed by atoms with van der Waals surface area (Å²) in [4.78, 5) is 14.4. The molecule has 1 aliphatic carbocycles. The van der Waals surface area contributed by atoms with Crippen LogP contribution in [0.2, 0.25) is 0 Å². The molecular weight excluding hydrogens is 250 g/mol. The lowest BCUT2D eigenvalue weighted by Gasteiger charge is -2.31. The topological polar surface area (TPSA) is 70.1 Å². The number of nitriles is 1. The standard InChI is InChI=1S/C16H21N3O/c1-19(11-14-6-4-13(10-17)5-7-14)15(20)16(12-18)8-2-3-9-16/h4-7H,2-3,8-9,11-12,18H2,1H3. The number of carbonyl (C=O) groups is 1. The number of nitrogens with zero attached hydrogens (tertiary/aromatic N) is 2. The summed E-state index contributed by atoms with van der Waals surface area (Å²) >= 11 is 0. The normalized spacial score (nSPS) is 16.6. The monoisotopic (exact) mass is 271 g/mol. The van der Waals surface area contributed by atoms with Crippen molar-refractivity contribution in [3.05, 3.63) is 35.4 Å². The van der Waals surface area contributed by atoms with Crippen molar-refractivity contribution in [2.45, 2.75) is 32.2 Å². The minimum atomic E-state index is -0.346. The maximum Gasteiger partial charge on any atom is 0.230 e. The maximum absolute atomic E-state index is 12.6. The molecule has 2 rings (SSSR count). The number of amides is 1. The molecule has 1 amide bonds. The molecule has 1 aromatic rings. The van der Waals surface area contributed by atoms with E-state index in [2.05, 4.69) is 6.07 Å². The highest BCUT2D eigenvalue weighted by molar-refractivity contribution is 5.83. The number of benzene rings is 1. The zero-order valence-corrected chi connectivity index (χ0v) is 11.9. The third-order valence-electron chi connectivity index (χ3n) is 4.25. The SMILES string of the molecule is CN(Cc1ccc(C#N)cc1)C(=O)C1(CN)CCCC1. The van der Waals surface area contributed by atoms with Crippen LogP contribution in [0, 0.1) is 16.7 Å². The molecule has 20 heavy (non-hydrogen) atoms. The fourth-order valence-electron chi connectivity index (χ4n) is 2.99. The lowest BCUT2D eigenvalue weighted by molar-refractivity contribution is -0.140. The zero-order chi connectivity index (χ0) is 14.6. The highest BCUT2D eigenvalue weighted by Gasteiger charge is 2.41. The van der Waals surface area contributed by atoms with Gasteiger partial charge in [0.2, 0.25) is 5.91 Å². The molecule has 0 unspecified atom stereocenters. The molecule has 4 heteroatoms. The first-order valence-corrected chi connectivity index (χ1v) is 7.06. The van der Waals surface area contributed by atoms with Crippen molar-refractivity contribution in [3.63, 3.8) is 0 Å². The van der Waals surface area contributed by atoms with E-state index in [1.165, 1.54) is 0 Å². The summed E-state index contributed by atoms with van der Waals surface area (Å²) in [5.41, 5.74) is 7.18. The molecule has 1 fully saturated rings. The van der Waals surface area contributed by atoms with Crippen LogP contribution in [-0.2, 0) is 11.3 Å². The number of carbonyl (C=O) groups excluding carboxylic acids is 1. The van der Waals surface area contributed by atoms with Crippen molar-refractivity contribution in [1.29, 1.82) is 5.26 Å². The van der Waals surface area contributed by atoms with Crippen molar-refractivity contribution in [3.8, 4) is 6.07 Å². The molecule has 1 aromatic carbocycles. The summed E-state index contributed by atoms with van der Waals surface area (Å²) in [5, 5.41) is 8.78. The number of hydrogen-bond donors (Lipinski definition) is 1. The van der Waals surface area contributed by atoms with Gasteiger partial charge in [-0.05, 0) is 30.5 Å². The summed E-state index contributed by atoms with van der Waals surface area (Å²) in [7, 11) is 1.83. The molecule has 1 saturated carbocycles. The van der Waals surface area contributed by atoms with E-state index in [4.69, 9.17) is 11.0 Å². The highest BCUT2D eigenvalue weighted by atomic mass is 16.2. The van der Waals surface area contributed by atoms with Gasteiger partial charge in [0.1, 0.15) is 0 Å². The first kappa shape index (κ1) is 14.5. The van der Waals surface area contributed by atoms with Crippen LogP contribution in [0.1, 0.15) is 36.8 Å². The lowest BCUT2D eigenvalue weighted by Crippen LogP contribution is -2.44. The predicted octanol–water partition coefficient (Wildman–Crippen LogP) is 2.04. The van der Waals surface area contributed by atoms with E-state index in [1.54, 1.807) is 17.0 Å². The van der Waals surface area contributed by atoms with Crippen LogP contribution in [0.4, 0.5) is 0 Å². The largest absolute Gasteiger partial charge is 0.341 e. The molecule has 0 saturated heterocycles. The van der Waals surface area contributed by atoms with Crippen LogP contribution in [0.15, 0.2) is 24.3 Å². The third kappa shape index (κ3) is 2.83. The van der Waals surface area contributed by atoms with E-state index < -0.39 is 0 Å². The van der Waals surface area contributed by atoms with Crippen LogP contribution < -0.4 is 5.73 Å². The Morgan fingerprint density at radius 3 is 2.45 bits per heavy atom. The van der Waals surface area contributed by atoms with Crippen LogP contribution in [0.25, 0.3) is 0 Å². The molecule has 0 heterocycles. The smallest absolute Gasteiger partial charge is 0.230 e. The fourth-order valence-corrected chi connectivity index (χ4v) is 2.99. The lowest BCUT2D eigenvalue weighted by atomic mass is 9.84. The second-order valence-corrected chi connectivity index (χ2v) is 5.66. The van der Waals surface area contributed by atoms with Crippen LogP contribution in [0.5, 0.6) is 0 Å². The molecule has 1 aliphatic rings. The highest BCUT2D eigenvalue weighted by Crippen LogP contribution is 2.38. The Labute approximate surface area is 120 Å². The van der Waals surface area contributed by atoms with Crippen LogP contribution >= 0.6 is 0 Å². The Morgan fingerprint density at radius 2 is 1.95 bits per heavy atom. The minimum Gasteiger partial charge on any atom is -0.341 e. The molecule has 0 radical (unpaired) electrons. The second kappa shape index (κ2) is 6.06. The Kier molecular flexibility index (Phi) is 4.41. The van der Waals surface area contributed by atoms with Gasteiger partial charge in [0, 0.05) is 20.1 Å². The summed E-state index contributed by atoms with van der Waals surface area (Å²) in [6.07, 6.45) is 3.99. The van der Waals surface area contributed by atoms with Crippen LogP contribution in [-0.4, -0.2) is 24.4 Å². The number of hydrogen-bond acceptors (Lipinski definition) is 3. The van der Waals surface area contributed by atoms with Crippen molar-refractivity contribution in [2.75, 3.05) is 13.6 Å². The van der Waals surface area contributed by atoms with Gasteiger partial charge >= 0.3 is 0 Å². The molecule has 0 spiro atoms. The summed E-state index contributed by atoms with van der Waals surface area (Å²) < 4.78 is 0. The quantitative estimate of drug-likeness (QED) is 0.911. The van der Waals surface area contributed by atoms with Gasteiger partial charge in [-0.1, -0.05) is 25.0 Å². The first-order valence-electron chi connectivity index (χ1n) is 7.06. The van der Waals surface area contributed by atoms with Crippen molar-refractivity contribution in [2.24, 2.45) is 11.1 Å². The third-order valence-corrected chi connectivity index (χ3v) is 4.25. The molecular formula is C16H21N3O. The van der Waals surface area contributed by atoms with Crippen molar-refractivity contribution >= 4 is 5.91 Å². The minimum absolute atomic E-state index is 0.154. The summed E-state index contributed by atoms with van der Waals surface area (Å²) in [5.74, 6) is 0.154. The van der Waals surface area contributed by atoms with Crippen molar-refractivity contribution < 1.29 is 4.79 Å². The Balaban J connectivity index is 2.05.